The van der Waals surface area contributed by atoms with Crippen LogP contribution in [0.5, 0.6) is 0 Å². The zero-order valence-corrected chi connectivity index (χ0v) is 11.1. The molecule has 1 fully saturated rings. The topological polar surface area (TPSA) is 59.3 Å². The number of aliphatic hydroxyl groups excluding tert-OH is 1. The Morgan fingerprint density at radius 2 is 2.32 bits per heavy atom. The minimum Gasteiger partial charge on any atom is -0.396 e. The SMILES string of the molecule is Cn1cnc2cc(CNCC3(CO)COC3)ccc21. The molecule has 1 aliphatic rings. The number of aliphatic hydroxyl groups is 1. The Kier molecular flexibility index (Phi) is 3.26. The van der Waals surface area contributed by atoms with Gasteiger partial charge in [-0.25, -0.2) is 4.98 Å². The van der Waals surface area contributed by atoms with Crippen LogP contribution in [-0.4, -0.2) is 41.0 Å². The van der Waals surface area contributed by atoms with E-state index in [1.165, 1.54) is 5.56 Å². The highest BCUT2D eigenvalue weighted by atomic mass is 16.5. The van der Waals surface area contributed by atoms with Crippen molar-refractivity contribution in [1.82, 2.24) is 14.9 Å². The minimum atomic E-state index is -0.0743. The first-order chi connectivity index (χ1) is 9.22. The summed E-state index contributed by atoms with van der Waals surface area (Å²) in [5.74, 6) is 0. The second-order valence-electron chi connectivity index (χ2n) is 5.43. The maximum absolute atomic E-state index is 9.35. The lowest BCUT2D eigenvalue weighted by Crippen LogP contribution is -2.52. The lowest BCUT2D eigenvalue weighted by atomic mass is 9.87. The van der Waals surface area contributed by atoms with Crippen LogP contribution in [0.25, 0.3) is 11.0 Å². The summed E-state index contributed by atoms with van der Waals surface area (Å²) in [5.41, 5.74) is 3.29. The second kappa shape index (κ2) is 4.92. The number of ether oxygens (including phenoxy) is 1. The quantitative estimate of drug-likeness (QED) is 0.830. The van der Waals surface area contributed by atoms with Crippen molar-refractivity contribution >= 4 is 11.0 Å². The van der Waals surface area contributed by atoms with E-state index in [1.54, 1.807) is 0 Å². The third kappa shape index (κ3) is 2.36. The van der Waals surface area contributed by atoms with E-state index in [1.807, 2.05) is 17.9 Å². The van der Waals surface area contributed by atoms with Crippen LogP contribution in [0.4, 0.5) is 0 Å². The van der Waals surface area contributed by atoms with Gasteiger partial charge in [-0.2, -0.15) is 0 Å². The normalized spacial score (nSPS) is 17.6. The molecule has 0 bridgehead atoms. The maximum atomic E-state index is 9.35. The standard InChI is InChI=1S/C14H19N3O2/c1-17-10-16-12-4-11(2-3-13(12)17)5-15-6-14(7-18)8-19-9-14/h2-4,10,15,18H,5-9H2,1H3. The van der Waals surface area contributed by atoms with Crippen molar-refractivity contribution in [2.24, 2.45) is 12.5 Å². The molecule has 0 saturated carbocycles. The number of imidazole rings is 1. The summed E-state index contributed by atoms with van der Waals surface area (Å²) in [6, 6.07) is 6.30. The lowest BCUT2D eigenvalue weighted by molar-refractivity contribution is -0.134. The zero-order chi connectivity index (χ0) is 13.3. The van der Waals surface area contributed by atoms with E-state index < -0.39 is 0 Å². The van der Waals surface area contributed by atoms with E-state index in [0.717, 1.165) is 24.1 Å². The van der Waals surface area contributed by atoms with Gasteiger partial charge in [-0.05, 0) is 17.7 Å². The summed E-state index contributed by atoms with van der Waals surface area (Å²) in [6.07, 6.45) is 1.83. The molecule has 2 aromatic rings. The van der Waals surface area contributed by atoms with Crippen molar-refractivity contribution in [3.05, 3.63) is 30.1 Å². The van der Waals surface area contributed by atoms with E-state index in [9.17, 15) is 5.11 Å². The van der Waals surface area contributed by atoms with E-state index in [0.29, 0.717) is 13.2 Å². The number of nitrogens with zero attached hydrogens (tertiary/aromatic N) is 2. The molecule has 2 N–H and O–H groups in total. The van der Waals surface area contributed by atoms with Gasteiger partial charge in [-0.15, -0.1) is 0 Å². The number of nitrogens with one attached hydrogen (secondary N) is 1. The number of aromatic nitrogens is 2. The van der Waals surface area contributed by atoms with E-state index in [-0.39, 0.29) is 12.0 Å². The molecule has 1 aromatic heterocycles. The Balaban J connectivity index is 1.62. The summed E-state index contributed by atoms with van der Waals surface area (Å²) >= 11 is 0. The molecule has 0 spiro atoms. The molecule has 19 heavy (non-hydrogen) atoms. The number of aryl methyl sites for hydroxylation is 1. The van der Waals surface area contributed by atoms with Crippen LogP contribution in [-0.2, 0) is 18.3 Å². The fourth-order valence-corrected chi connectivity index (χ4v) is 2.40. The van der Waals surface area contributed by atoms with Crippen LogP contribution in [0.2, 0.25) is 0 Å². The first-order valence-electron chi connectivity index (χ1n) is 6.52. The molecule has 1 saturated heterocycles. The Morgan fingerprint density at radius 3 is 3.00 bits per heavy atom. The lowest BCUT2D eigenvalue weighted by Gasteiger charge is -2.40. The van der Waals surface area contributed by atoms with Crippen LogP contribution >= 0.6 is 0 Å². The van der Waals surface area contributed by atoms with Gasteiger partial charge >= 0.3 is 0 Å². The van der Waals surface area contributed by atoms with Crippen molar-refractivity contribution in [2.75, 3.05) is 26.4 Å². The van der Waals surface area contributed by atoms with Gasteiger partial charge in [0.2, 0.25) is 0 Å². The number of rotatable bonds is 5. The molecule has 1 aromatic carbocycles. The Labute approximate surface area is 112 Å². The zero-order valence-electron chi connectivity index (χ0n) is 11.1. The molecular formula is C14H19N3O2. The monoisotopic (exact) mass is 261 g/mol. The molecular weight excluding hydrogens is 242 g/mol. The predicted molar refractivity (Wildman–Crippen MR) is 72.8 cm³/mol. The summed E-state index contributed by atoms with van der Waals surface area (Å²) in [7, 11) is 1.99. The fourth-order valence-electron chi connectivity index (χ4n) is 2.40. The summed E-state index contributed by atoms with van der Waals surface area (Å²) in [6.45, 7) is 3.04. The number of hydrogen-bond donors (Lipinski definition) is 2. The van der Waals surface area contributed by atoms with Crippen LogP contribution < -0.4 is 5.32 Å². The first-order valence-corrected chi connectivity index (χ1v) is 6.52. The van der Waals surface area contributed by atoms with Crippen molar-refractivity contribution in [1.29, 1.82) is 0 Å². The molecule has 2 heterocycles. The van der Waals surface area contributed by atoms with E-state index in [2.05, 4.69) is 28.5 Å². The maximum Gasteiger partial charge on any atom is 0.0955 e. The molecule has 3 rings (SSSR count). The highest BCUT2D eigenvalue weighted by Gasteiger charge is 2.37. The Hall–Kier alpha value is -1.43. The molecule has 0 radical (unpaired) electrons. The smallest absolute Gasteiger partial charge is 0.0955 e. The van der Waals surface area contributed by atoms with Gasteiger partial charge in [-0.1, -0.05) is 6.07 Å². The Morgan fingerprint density at radius 1 is 1.47 bits per heavy atom. The number of fused-ring (bicyclic) bond motifs is 1. The highest BCUT2D eigenvalue weighted by Crippen LogP contribution is 2.25. The largest absolute Gasteiger partial charge is 0.396 e. The van der Waals surface area contributed by atoms with Gasteiger partial charge in [0.15, 0.2) is 0 Å². The van der Waals surface area contributed by atoms with Crippen LogP contribution in [0.3, 0.4) is 0 Å². The molecule has 5 nitrogen and oxygen atoms in total. The van der Waals surface area contributed by atoms with Gasteiger partial charge in [0.05, 0.1) is 42.6 Å². The van der Waals surface area contributed by atoms with E-state index in [4.69, 9.17) is 4.74 Å². The van der Waals surface area contributed by atoms with Crippen LogP contribution in [0.15, 0.2) is 24.5 Å². The fraction of sp³-hybridized carbons (Fsp3) is 0.500. The van der Waals surface area contributed by atoms with Crippen LogP contribution in [0, 0.1) is 5.41 Å². The van der Waals surface area contributed by atoms with Crippen molar-refractivity contribution in [3.63, 3.8) is 0 Å². The summed E-state index contributed by atoms with van der Waals surface area (Å²) < 4.78 is 7.19. The van der Waals surface area contributed by atoms with Gasteiger partial charge in [0.25, 0.3) is 0 Å². The molecule has 102 valence electrons. The summed E-state index contributed by atoms with van der Waals surface area (Å²) in [5, 5.41) is 12.7. The number of hydrogen-bond acceptors (Lipinski definition) is 4. The molecule has 0 amide bonds. The van der Waals surface area contributed by atoms with Gasteiger partial charge in [-0.3, -0.25) is 0 Å². The summed E-state index contributed by atoms with van der Waals surface area (Å²) in [4.78, 5) is 4.35. The van der Waals surface area contributed by atoms with Crippen molar-refractivity contribution < 1.29 is 9.84 Å². The highest BCUT2D eigenvalue weighted by molar-refractivity contribution is 5.75. The molecule has 0 atom stereocenters. The van der Waals surface area contributed by atoms with Crippen molar-refractivity contribution in [3.8, 4) is 0 Å². The number of benzene rings is 1. The third-order valence-electron chi connectivity index (χ3n) is 3.77. The third-order valence-corrected chi connectivity index (χ3v) is 3.77. The van der Waals surface area contributed by atoms with Gasteiger partial charge < -0.3 is 19.7 Å². The van der Waals surface area contributed by atoms with Gasteiger partial charge in [0, 0.05) is 20.1 Å². The molecule has 5 heteroatoms. The van der Waals surface area contributed by atoms with Crippen LogP contribution in [0.1, 0.15) is 5.56 Å². The first kappa shape index (κ1) is 12.6. The minimum absolute atomic E-state index is 0.0743. The molecule has 0 unspecified atom stereocenters. The predicted octanol–water partition coefficient (Wildman–Crippen LogP) is 0.672. The second-order valence-corrected chi connectivity index (χ2v) is 5.43. The average molecular weight is 261 g/mol. The Bertz CT molecular complexity index is 570. The van der Waals surface area contributed by atoms with Gasteiger partial charge in [0.1, 0.15) is 0 Å². The average Bonchev–Trinajstić information content (AvgIpc) is 2.74. The molecule has 1 aliphatic heterocycles. The van der Waals surface area contributed by atoms with Crippen molar-refractivity contribution in [2.45, 2.75) is 6.54 Å². The van der Waals surface area contributed by atoms with E-state index >= 15 is 0 Å². The molecule has 0 aliphatic carbocycles.